The van der Waals surface area contributed by atoms with Gasteiger partial charge in [-0.15, -0.1) is 11.3 Å². The van der Waals surface area contributed by atoms with Crippen molar-refractivity contribution in [1.82, 2.24) is 9.88 Å². The molecule has 1 saturated heterocycles. The molecule has 0 saturated carbocycles. The number of piperidine rings is 1. The van der Waals surface area contributed by atoms with E-state index < -0.39 is 5.97 Å². The molecule has 3 rings (SSSR count). The fourth-order valence-electron chi connectivity index (χ4n) is 3.77. The van der Waals surface area contributed by atoms with Gasteiger partial charge in [-0.25, -0.2) is 4.98 Å². The van der Waals surface area contributed by atoms with Gasteiger partial charge in [-0.05, 0) is 35.4 Å². The zero-order valence-corrected chi connectivity index (χ0v) is 17.5. The molecule has 2 aromatic rings. The van der Waals surface area contributed by atoms with Crippen LogP contribution in [0.4, 0.5) is 5.13 Å². The molecule has 1 aliphatic heterocycles. The molecular weight excluding hydrogens is 398 g/mol. The lowest BCUT2D eigenvalue weighted by Crippen LogP contribution is -2.48. The number of likely N-dealkylation sites (tertiary alicyclic amines) is 1. The van der Waals surface area contributed by atoms with Crippen LogP contribution in [-0.2, 0) is 16.0 Å². The first-order valence-electron chi connectivity index (χ1n) is 9.18. The number of thiazole rings is 1. The lowest BCUT2D eigenvalue weighted by Gasteiger charge is -2.44. The molecule has 1 aliphatic rings. The van der Waals surface area contributed by atoms with Gasteiger partial charge in [-0.3, -0.25) is 9.59 Å². The molecule has 150 valence electrons. The first kappa shape index (κ1) is 20.6. The predicted molar refractivity (Wildman–Crippen MR) is 111 cm³/mol. The maximum atomic E-state index is 12.7. The summed E-state index contributed by atoms with van der Waals surface area (Å²) < 4.78 is 0. The van der Waals surface area contributed by atoms with Gasteiger partial charge in [-0.1, -0.05) is 37.6 Å². The third kappa shape index (κ3) is 5.02. The molecule has 8 heteroatoms. The van der Waals surface area contributed by atoms with E-state index in [0.717, 1.165) is 11.4 Å². The highest BCUT2D eigenvalue weighted by molar-refractivity contribution is 7.13. The second kappa shape index (κ2) is 8.49. The Balaban J connectivity index is 1.56. The lowest BCUT2D eigenvalue weighted by atomic mass is 9.70. The van der Waals surface area contributed by atoms with Gasteiger partial charge in [0.25, 0.3) is 0 Å². The van der Waals surface area contributed by atoms with Gasteiger partial charge in [0.05, 0.1) is 18.7 Å². The van der Waals surface area contributed by atoms with Crippen molar-refractivity contribution >= 4 is 39.9 Å². The number of aliphatic carboxylic acids is 1. The standard InChI is InChI=1S/C20H24ClN3O3S/c1-20(2)12-24(8-7-16(20)13-3-5-14(21)6-4-13)17(25)10-22-19-23-15(11-28-19)9-18(26)27/h3-6,11,16H,7-10,12H2,1-2H3,(H,22,23)(H,26,27). The number of carboxylic acid groups (broad SMARTS) is 1. The number of carbonyl (C=O) groups excluding carboxylic acids is 1. The minimum absolute atomic E-state index is 0.0256. The van der Waals surface area contributed by atoms with Crippen LogP contribution in [0.5, 0.6) is 0 Å². The Morgan fingerprint density at radius 2 is 2.07 bits per heavy atom. The highest BCUT2D eigenvalue weighted by Crippen LogP contribution is 2.42. The molecule has 6 nitrogen and oxygen atoms in total. The van der Waals surface area contributed by atoms with E-state index in [1.54, 1.807) is 5.38 Å². The highest BCUT2D eigenvalue weighted by atomic mass is 35.5. The number of anilines is 1. The zero-order valence-electron chi connectivity index (χ0n) is 15.9. The summed E-state index contributed by atoms with van der Waals surface area (Å²) >= 11 is 7.32. The minimum atomic E-state index is -0.918. The molecule has 2 heterocycles. The van der Waals surface area contributed by atoms with Crippen LogP contribution in [0.15, 0.2) is 29.6 Å². The van der Waals surface area contributed by atoms with Crippen molar-refractivity contribution in [3.05, 3.63) is 45.9 Å². The van der Waals surface area contributed by atoms with Crippen molar-refractivity contribution in [1.29, 1.82) is 0 Å². The molecule has 0 radical (unpaired) electrons. The van der Waals surface area contributed by atoms with Gasteiger partial charge in [0.2, 0.25) is 5.91 Å². The first-order valence-corrected chi connectivity index (χ1v) is 10.4. The van der Waals surface area contributed by atoms with Crippen molar-refractivity contribution < 1.29 is 14.7 Å². The molecule has 1 amide bonds. The number of carboxylic acids is 1. The van der Waals surface area contributed by atoms with E-state index >= 15 is 0 Å². The number of rotatable bonds is 6. The average molecular weight is 422 g/mol. The second-order valence-electron chi connectivity index (χ2n) is 7.76. The molecule has 0 spiro atoms. The van der Waals surface area contributed by atoms with Gasteiger partial charge in [0, 0.05) is 23.5 Å². The molecule has 0 aliphatic carbocycles. The number of halogens is 1. The van der Waals surface area contributed by atoms with Gasteiger partial charge < -0.3 is 15.3 Å². The van der Waals surface area contributed by atoms with E-state index in [2.05, 4.69) is 36.3 Å². The molecule has 1 aromatic carbocycles. The Bertz CT molecular complexity index is 851. The summed E-state index contributed by atoms with van der Waals surface area (Å²) in [6, 6.07) is 7.98. The summed E-state index contributed by atoms with van der Waals surface area (Å²) in [6.45, 7) is 5.93. The molecule has 0 bridgehead atoms. The van der Waals surface area contributed by atoms with Crippen molar-refractivity contribution in [3.8, 4) is 0 Å². The van der Waals surface area contributed by atoms with Crippen LogP contribution < -0.4 is 5.32 Å². The molecular formula is C20H24ClN3O3S. The molecule has 2 N–H and O–H groups in total. The van der Waals surface area contributed by atoms with Crippen molar-refractivity contribution in [3.63, 3.8) is 0 Å². The zero-order chi connectivity index (χ0) is 20.3. The SMILES string of the molecule is CC1(C)CN(C(=O)CNc2nc(CC(=O)O)cs2)CCC1c1ccc(Cl)cc1. The van der Waals surface area contributed by atoms with Crippen molar-refractivity contribution in [2.24, 2.45) is 5.41 Å². The minimum Gasteiger partial charge on any atom is -0.481 e. The maximum absolute atomic E-state index is 12.7. The first-order chi connectivity index (χ1) is 13.2. The molecule has 1 atom stereocenters. The van der Waals surface area contributed by atoms with Crippen LogP contribution in [0, 0.1) is 5.41 Å². The summed E-state index contributed by atoms with van der Waals surface area (Å²) in [5.74, 6) is -0.518. The predicted octanol–water partition coefficient (Wildman–Crippen LogP) is 3.88. The van der Waals surface area contributed by atoms with E-state index in [-0.39, 0.29) is 24.3 Å². The van der Waals surface area contributed by atoms with E-state index in [4.69, 9.17) is 16.7 Å². The number of amides is 1. The highest BCUT2D eigenvalue weighted by Gasteiger charge is 2.38. The van der Waals surface area contributed by atoms with Gasteiger partial charge in [-0.2, -0.15) is 0 Å². The smallest absolute Gasteiger partial charge is 0.309 e. The van der Waals surface area contributed by atoms with E-state index in [1.165, 1.54) is 16.9 Å². The Morgan fingerprint density at radius 3 is 2.71 bits per heavy atom. The van der Waals surface area contributed by atoms with Crippen LogP contribution in [0.3, 0.4) is 0 Å². The van der Waals surface area contributed by atoms with E-state index in [0.29, 0.717) is 29.8 Å². The Hall–Kier alpha value is -2.12. The molecule has 1 fully saturated rings. The summed E-state index contributed by atoms with van der Waals surface area (Å²) in [5.41, 5.74) is 1.71. The fourth-order valence-corrected chi connectivity index (χ4v) is 4.61. The largest absolute Gasteiger partial charge is 0.481 e. The lowest BCUT2D eigenvalue weighted by molar-refractivity contribution is -0.136. The van der Waals surface area contributed by atoms with Gasteiger partial charge >= 0.3 is 5.97 Å². The quantitative estimate of drug-likeness (QED) is 0.739. The van der Waals surface area contributed by atoms with Crippen molar-refractivity contribution in [2.75, 3.05) is 25.0 Å². The van der Waals surface area contributed by atoms with Gasteiger partial charge in [0.1, 0.15) is 0 Å². The summed E-state index contributed by atoms with van der Waals surface area (Å²) in [4.78, 5) is 29.5. The Morgan fingerprint density at radius 1 is 1.36 bits per heavy atom. The average Bonchev–Trinajstić information content (AvgIpc) is 3.06. The molecule has 28 heavy (non-hydrogen) atoms. The van der Waals surface area contributed by atoms with Crippen LogP contribution in [0.2, 0.25) is 5.02 Å². The Kier molecular flexibility index (Phi) is 6.25. The number of carbonyl (C=O) groups is 2. The van der Waals surface area contributed by atoms with Crippen LogP contribution >= 0.6 is 22.9 Å². The van der Waals surface area contributed by atoms with Crippen LogP contribution in [-0.4, -0.2) is 46.5 Å². The number of nitrogens with zero attached hydrogens (tertiary/aromatic N) is 2. The van der Waals surface area contributed by atoms with Crippen LogP contribution in [0.25, 0.3) is 0 Å². The third-order valence-corrected chi connectivity index (χ3v) is 6.23. The summed E-state index contributed by atoms with van der Waals surface area (Å²) in [6.07, 6.45) is 0.791. The number of hydrogen-bond donors (Lipinski definition) is 2. The van der Waals surface area contributed by atoms with E-state index in [1.807, 2.05) is 17.0 Å². The second-order valence-corrected chi connectivity index (χ2v) is 9.06. The van der Waals surface area contributed by atoms with Crippen molar-refractivity contribution in [2.45, 2.75) is 32.6 Å². The normalized spacial score (nSPS) is 18.7. The number of nitrogens with one attached hydrogen (secondary N) is 1. The topological polar surface area (TPSA) is 82.5 Å². The number of hydrogen-bond acceptors (Lipinski definition) is 5. The maximum Gasteiger partial charge on any atom is 0.309 e. The third-order valence-electron chi connectivity index (χ3n) is 5.13. The van der Waals surface area contributed by atoms with Gasteiger partial charge in [0.15, 0.2) is 5.13 Å². The summed E-state index contributed by atoms with van der Waals surface area (Å²) in [7, 11) is 0. The number of benzene rings is 1. The molecule has 1 unspecified atom stereocenters. The molecule has 1 aromatic heterocycles. The summed E-state index contributed by atoms with van der Waals surface area (Å²) in [5, 5.41) is 14.8. The Labute approximate surface area is 173 Å². The van der Waals surface area contributed by atoms with Crippen LogP contribution in [0.1, 0.15) is 37.4 Å². The fraction of sp³-hybridized carbons (Fsp3) is 0.450. The number of aromatic nitrogens is 1. The van der Waals surface area contributed by atoms with E-state index in [9.17, 15) is 9.59 Å². The monoisotopic (exact) mass is 421 g/mol.